The Kier molecular flexibility index (Phi) is 3.39. The Morgan fingerprint density at radius 3 is 2.38 bits per heavy atom. The summed E-state index contributed by atoms with van der Waals surface area (Å²) in [4.78, 5) is 25.8. The van der Waals surface area contributed by atoms with E-state index in [2.05, 4.69) is 5.32 Å². The summed E-state index contributed by atoms with van der Waals surface area (Å²) in [6, 6.07) is 3.60. The Balaban J connectivity index is 1.98. The first kappa shape index (κ1) is 14.0. The maximum atomic E-state index is 13.8. The van der Waals surface area contributed by atoms with E-state index in [4.69, 9.17) is 0 Å². The van der Waals surface area contributed by atoms with Gasteiger partial charge in [-0.1, -0.05) is 18.9 Å². The Morgan fingerprint density at radius 2 is 1.76 bits per heavy atom. The van der Waals surface area contributed by atoms with Crippen molar-refractivity contribution in [3.8, 4) is 0 Å². The van der Waals surface area contributed by atoms with Crippen LogP contribution in [0.5, 0.6) is 0 Å². The van der Waals surface area contributed by atoms with Gasteiger partial charge in [0.25, 0.3) is 0 Å². The lowest BCUT2D eigenvalue weighted by atomic mass is 9.90. The molecule has 1 aliphatic carbocycles. The van der Waals surface area contributed by atoms with Crippen LogP contribution in [0, 0.1) is 11.6 Å². The number of hydrogen-bond donors (Lipinski definition) is 1. The largest absolute Gasteiger partial charge is 0.345 e. The van der Waals surface area contributed by atoms with Gasteiger partial charge in [-0.25, -0.2) is 8.78 Å². The molecular weight excluding hydrogens is 278 g/mol. The van der Waals surface area contributed by atoms with Crippen molar-refractivity contribution in [2.45, 2.75) is 37.8 Å². The van der Waals surface area contributed by atoms with Gasteiger partial charge in [-0.05, 0) is 25.0 Å². The number of nitrogens with zero attached hydrogens (tertiary/aromatic N) is 1. The zero-order chi connectivity index (χ0) is 15.0. The van der Waals surface area contributed by atoms with Crippen LogP contribution in [0.1, 0.15) is 31.2 Å². The number of benzene rings is 1. The zero-order valence-corrected chi connectivity index (χ0v) is 11.5. The van der Waals surface area contributed by atoms with E-state index in [-0.39, 0.29) is 30.5 Å². The standard InChI is InChI=1S/C15H16F2N2O2/c16-11-4-3-5-12(17)10(11)9-19-13(20)8-18-14(21)15(19)6-1-2-7-15/h3-5H,1-2,6-9H2,(H,18,21). The van der Waals surface area contributed by atoms with Crippen LogP contribution in [0.15, 0.2) is 18.2 Å². The van der Waals surface area contributed by atoms with E-state index in [9.17, 15) is 18.4 Å². The van der Waals surface area contributed by atoms with E-state index in [1.54, 1.807) is 0 Å². The number of carbonyl (C=O) groups is 2. The van der Waals surface area contributed by atoms with Crippen molar-refractivity contribution in [1.29, 1.82) is 0 Å². The van der Waals surface area contributed by atoms with Gasteiger partial charge in [0.05, 0.1) is 13.1 Å². The lowest BCUT2D eigenvalue weighted by Crippen LogP contribution is -2.65. The summed E-state index contributed by atoms with van der Waals surface area (Å²) >= 11 is 0. The number of halogens is 2. The SMILES string of the molecule is O=C1CNC(=O)C2(CCCC2)N1Cc1c(F)cccc1F. The summed E-state index contributed by atoms with van der Waals surface area (Å²) < 4.78 is 27.7. The first-order valence-corrected chi connectivity index (χ1v) is 7.06. The second-order valence-electron chi connectivity index (χ2n) is 5.60. The second-order valence-corrected chi connectivity index (χ2v) is 5.60. The minimum Gasteiger partial charge on any atom is -0.345 e. The molecule has 1 N–H and O–H groups in total. The highest BCUT2D eigenvalue weighted by Gasteiger charge is 2.51. The predicted molar refractivity (Wildman–Crippen MR) is 71.1 cm³/mol. The van der Waals surface area contributed by atoms with Gasteiger partial charge in [-0.15, -0.1) is 0 Å². The van der Waals surface area contributed by atoms with E-state index < -0.39 is 17.2 Å². The molecule has 0 unspecified atom stereocenters. The van der Waals surface area contributed by atoms with Gasteiger partial charge in [0.1, 0.15) is 17.2 Å². The van der Waals surface area contributed by atoms with Crippen LogP contribution < -0.4 is 5.32 Å². The average molecular weight is 294 g/mol. The third-order valence-electron chi connectivity index (χ3n) is 4.45. The van der Waals surface area contributed by atoms with Gasteiger partial charge in [0.15, 0.2) is 0 Å². The minimum absolute atomic E-state index is 0.114. The van der Waals surface area contributed by atoms with Gasteiger partial charge >= 0.3 is 0 Å². The lowest BCUT2D eigenvalue weighted by molar-refractivity contribution is -0.154. The highest BCUT2D eigenvalue weighted by atomic mass is 19.1. The van der Waals surface area contributed by atoms with Crippen LogP contribution in [0.2, 0.25) is 0 Å². The topological polar surface area (TPSA) is 49.4 Å². The van der Waals surface area contributed by atoms with Crippen LogP contribution in [0.25, 0.3) is 0 Å². The molecule has 0 atom stereocenters. The summed E-state index contributed by atoms with van der Waals surface area (Å²) in [6.45, 7) is -0.318. The maximum Gasteiger partial charge on any atom is 0.246 e. The molecule has 6 heteroatoms. The molecule has 1 heterocycles. The third kappa shape index (κ3) is 2.18. The molecule has 2 fully saturated rings. The quantitative estimate of drug-likeness (QED) is 0.903. The van der Waals surface area contributed by atoms with Crippen molar-refractivity contribution in [3.05, 3.63) is 35.4 Å². The molecular formula is C15H16F2N2O2. The minimum atomic E-state index is -0.940. The molecule has 1 saturated heterocycles. The lowest BCUT2D eigenvalue weighted by Gasteiger charge is -2.43. The molecule has 0 bridgehead atoms. The second kappa shape index (κ2) is 5.09. The first-order valence-electron chi connectivity index (χ1n) is 7.06. The van der Waals surface area contributed by atoms with E-state index >= 15 is 0 Å². The van der Waals surface area contributed by atoms with Gasteiger partial charge in [-0.3, -0.25) is 9.59 Å². The number of rotatable bonds is 2. The van der Waals surface area contributed by atoms with Gasteiger partial charge in [-0.2, -0.15) is 0 Å². The molecule has 4 nitrogen and oxygen atoms in total. The summed E-state index contributed by atoms with van der Waals surface area (Å²) in [5.74, 6) is -1.89. The van der Waals surface area contributed by atoms with Crippen molar-refractivity contribution in [2.75, 3.05) is 6.54 Å². The number of hydrogen-bond acceptors (Lipinski definition) is 2. The highest BCUT2D eigenvalue weighted by molar-refractivity contribution is 5.98. The smallest absolute Gasteiger partial charge is 0.246 e. The fraction of sp³-hybridized carbons (Fsp3) is 0.467. The molecule has 1 saturated carbocycles. The molecule has 0 aromatic heterocycles. The van der Waals surface area contributed by atoms with Crippen LogP contribution in [-0.4, -0.2) is 28.8 Å². The van der Waals surface area contributed by atoms with Crippen LogP contribution in [-0.2, 0) is 16.1 Å². The fourth-order valence-electron chi connectivity index (χ4n) is 3.32. The summed E-state index contributed by atoms with van der Waals surface area (Å²) in [7, 11) is 0. The molecule has 1 spiro atoms. The summed E-state index contributed by atoms with van der Waals surface area (Å²) in [5, 5.41) is 2.59. The predicted octanol–water partition coefficient (Wildman–Crippen LogP) is 1.74. The Hall–Kier alpha value is -1.98. The van der Waals surface area contributed by atoms with Crippen molar-refractivity contribution in [2.24, 2.45) is 0 Å². The molecule has 112 valence electrons. The molecule has 1 aromatic rings. The van der Waals surface area contributed by atoms with E-state index in [1.807, 2.05) is 0 Å². The highest BCUT2D eigenvalue weighted by Crippen LogP contribution is 2.38. The summed E-state index contributed by atoms with van der Waals surface area (Å²) in [6.07, 6.45) is 2.75. The van der Waals surface area contributed by atoms with Crippen molar-refractivity contribution in [1.82, 2.24) is 10.2 Å². The molecule has 1 aliphatic heterocycles. The fourth-order valence-corrected chi connectivity index (χ4v) is 3.32. The van der Waals surface area contributed by atoms with E-state index in [0.29, 0.717) is 12.8 Å². The third-order valence-corrected chi connectivity index (χ3v) is 4.45. The monoisotopic (exact) mass is 294 g/mol. The number of carbonyl (C=O) groups excluding carboxylic acids is 2. The summed E-state index contributed by atoms with van der Waals surface area (Å²) in [5.41, 5.74) is -1.10. The normalized spacial score (nSPS) is 21.0. The molecule has 21 heavy (non-hydrogen) atoms. The Labute approximate surface area is 121 Å². The average Bonchev–Trinajstić information content (AvgIpc) is 2.93. The molecule has 2 amide bonds. The maximum absolute atomic E-state index is 13.8. The van der Waals surface area contributed by atoms with Crippen LogP contribution >= 0.6 is 0 Å². The number of amides is 2. The molecule has 3 rings (SSSR count). The molecule has 1 aromatic carbocycles. The molecule has 2 aliphatic rings. The van der Waals surface area contributed by atoms with Gasteiger partial charge in [0.2, 0.25) is 11.8 Å². The number of nitrogens with one attached hydrogen (secondary N) is 1. The zero-order valence-electron chi connectivity index (χ0n) is 11.5. The van der Waals surface area contributed by atoms with Gasteiger partial charge < -0.3 is 10.2 Å². The first-order chi connectivity index (χ1) is 10.0. The molecule has 0 radical (unpaired) electrons. The van der Waals surface area contributed by atoms with Crippen molar-refractivity contribution < 1.29 is 18.4 Å². The van der Waals surface area contributed by atoms with Crippen LogP contribution in [0.3, 0.4) is 0 Å². The number of piperazine rings is 1. The van der Waals surface area contributed by atoms with E-state index in [0.717, 1.165) is 25.0 Å². The van der Waals surface area contributed by atoms with E-state index in [1.165, 1.54) is 11.0 Å². The van der Waals surface area contributed by atoms with Gasteiger partial charge in [0, 0.05) is 5.56 Å². The van der Waals surface area contributed by atoms with Crippen molar-refractivity contribution >= 4 is 11.8 Å². The van der Waals surface area contributed by atoms with Crippen LogP contribution in [0.4, 0.5) is 8.78 Å². The Bertz CT molecular complexity index is 577. The Morgan fingerprint density at radius 1 is 1.14 bits per heavy atom. The van der Waals surface area contributed by atoms with Crippen molar-refractivity contribution in [3.63, 3.8) is 0 Å².